The second-order valence-corrected chi connectivity index (χ2v) is 7.29. The summed E-state index contributed by atoms with van der Waals surface area (Å²) in [5, 5.41) is 5.96. The van der Waals surface area contributed by atoms with Crippen LogP contribution in [0.1, 0.15) is 56.1 Å². The van der Waals surface area contributed by atoms with E-state index in [0.29, 0.717) is 17.2 Å². The lowest BCUT2D eigenvalue weighted by Crippen LogP contribution is -2.29. The average Bonchev–Trinajstić information content (AvgIpc) is 2.62. The van der Waals surface area contributed by atoms with Gasteiger partial charge in [0.25, 0.3) is 5.91 Å². The molecule has 0 aliphatic heterocycles. The molecule has 2 amide bonds. The van der Waals surface area contributed by atoms with Crippen molar-refractivity contribution in [3.05, 3.63) is 65.7 Å². The van der Waals surface area contributed by atoms with Crippen molar-refractivity contribution in [3.63, 3.8) is 0 Å². The van der Waals surface area contributed by atoms with Crippen LogP contribution < -0.4 is 10.6 Å². The number of carbonyl (C=O) groups is 2. The Hall–Kier alpha value is -2.62. The molecule has 0 saturated carbocycles. The number of amides is 2. The van der Waals surface area contributed by atoms with E-state index in [-0.39, 0.29) is 23.8 Å². The first-order chi connectivity index (χ1) is 12.4. The van der Waals surface area contributed by atoms with Gasteiger partial charge in [-0.3, -0.25) is 9.59 Å². The number of rotatable bonds is 7. The molecule has 2 aromatic rings. The molecule has 138 valence electrons. The first kappa shape index (κ1) is 19.7. The van der Waals surface area contributed by atoms with Crippen LogP contribution in [0.25, 0.3) is 0 Å². The van der Waals surface area contributed by atoms with Crippen LogP contribution in [0.4, 0.5) is 5.69 Å². The Morgan fingerprint density at radius 3 is 2.04 bits per heavy atom. The Bertz CT molecular complexity index is 722. The van der Waals surface area contributed by atoms with Gasteiger partial charge in [-0.05, 0) is 42.2 Å². The molecule has 2 rings (SSSR count). The van der Waals surface area contributed by atoms with Gasteiger partial charge in [0.15, 0.2) is 0 Å². The van der Waals surface area contributed by atoms with Gasteiger partial charge in [-0.15, -0.1) is 0 Å². The molecule has 0 saturated heterocycles. The molecule has 0 aliphatic carbocycles. The van der Waals surface area contributed by atoms with Gasteiger partial charge >= 0.3 is 0 Å². The zero-order valence-electron chi connectivity index (χ0n) is 16.0. The molecule has 0 bridgehead atoms. The lowest BCUT2D eigenvalue weighted by Gasteiger charge is -2.21. The number of hydrogen-bond donors (Lipinski definition) is 2. The quantitative estimate of drug-likeness (QED) is 0.752. The van der Waals surface area contributed by atoms with Crippen LogP contribution in [0.5, 0.6) is 0 Å². The van der Waals surface area contributed by atoms with Crippen molar-refractivity contribution < 1.29 is 9.59 Å². The molecule has 0 heterocycles. The first-order valence-corrected chi connectivity index (χ1v) is 9.13. The number of hydrogen-bond acceptors (Lipinski definition) is 2. The minimum atomic E-state index is -0.110. The third kappa shape index (κ3) is 5.73. The summed E-state index contributed by atoms with van der Waals surface area (Å²) in [6.07, 6.45) is 0.873. The summed E-state index contributed by atoms with van der Waals surface area (Å²) in [6, 6.07) is 17.0. The van der Waals surface area contributed by atoms with E-state index in [1.54, 1.807) is 24.3 Å². The minimum absolute atomic E-state index is 0.0241. The van der Waals surface area contributed by atoms with Crippen LogP contribution in [0.15, 0.2) is 54.6 Å². The van der Waals surface area contributed by atoms with E-state index < -0.39 is 0 Å². The number of benzene rings is 2. The van der Waals surface area contributed by atoms with Crippen molar-refractivity contribution in [2.24, 2.45) is 11.8 Å². The van der Waals surface area contributed by atoms with Gasteiger partial charge in [-0.1, -0.05) is 58.0 Å². The molecule has 0 aromatic heterocycles. The summed E-state index contributed by atoms with van der Waals surface area (Å²) in [5.41, 5.74) is 2.38. The molecule has 4 nitrogen and oxygen atoms in total. The molecule has 0 fully saturated rings. The normalized spacial score (nSPS) is 12.1. The number of anilines is 1. The van der Waals surface area contributed by atoms with E-state index in [0.717, 1.165) is 12.0 Å². The molecular weight excluding hydrogens is 324 g/mol. The molecule has 0 spiro atoms. The monoisotopic (exact) mass is 352 g/mol. The summed E-state index contributed by atoms with van der Waals surface area (Å²) in [4.78, 5) is 24.4. The topological polar surface area (TPSA) is 58.2 Å². The summed E-state index contributed by atoms with van der Waals surface area (Å²) in [7, 11) is 0. The second-order valence-electron chi connectivity index (χ2n) is 7.29. The van der Waals surface area contributed by atoms with Gasteiger partial charge in [-0.25, -0.2) is 0 Å². The zero-order chi connectivity index (χ0) is 19.1. The Morgan fingerprint density at radius 1 is 0.885 bits per heavy atom. The highest BCUT2D eigenvalue weighted by atomic mass is 16.2. The van der Waals surface area contributed by atoms with Gasteiger partial charge in [0.1, 0.15) is 0 Å². The van der Waals surface area contributed by atoms with Crippen molar-refractivity contribution in [1.29, 1.82) is 0 Å². The Morgan fingerprint density at radius 2 is 1.50 bits per heavy atom. The highest BCUT2D eigenvalue weighted by molar-refractivity contribution is 5.96. The second kappa shape index (κ2) is 9.18. The van der Waals surface area contributed by atoms with Gasteiger partial charge < -0.3 is 10.6 Å². The van der Waals surface area contributed by atoms with Crippen molar-refractivity contribution in [3.8, 4) is 0 Å². The van der Waals surface area contributed by atoms with Crippen LogP contribution in [0.2, 0.25) is 0 Å². The molecule has 0 aliphatic rings. The third-order valence-corrected chi connectivity index (χ3v) is 4.15. The molecule has 26 heavy (non-hydrogen) atoms. The van der Waals surface area contributed by atoms with Gasteiger partial charge in [0, 0.05) is 17.2 Å². The maximum absolute atomic E-state index is 12.7. The lowest BCUT2D eigenvalue weighted by atomic mass is 9.96. The van der Waals surface area contributed by atoms with Crippen LogP contribution in [0.3, 0.4) is 0 Å². The molecular formula is C22H28N2O2. The highest BCUT2D eigenvalue weighted by Gasteiger charge is 2.17. The Kier molecular flexibility index (Phi) is 6.96. The Balaban J connectivity index is 2.08. The fraction of sp³-hybridized carbons (Fsp3) is 0.364. The number of nitrogens with one attached hydrogen (secondary N) is 2. The maximum atomic E-state index is 12.7. The van der Waals surface area contributed by atoms with Crippen LogP contribution in [-0.2, 0) is 4.79 Å². The molecule has 1 atom stereocenters. The van der Waals surface area contributed by atoms with E-state index in [2.05, 4.69) is 24.5 Å². The molecule has 1 unspecified atom stereocenters. The summed E-state index contributed by atoms with van der Waals surface area (Å²) in [5.74, 6) is 0.235. The van der Waals surface area contributed by atoms with Crippen molar-refractivity contribution in [2.45, 2.75) is 40.2 Å². The summed E-state index contributed by atoms with van der Waals surface area (Å²) in [6.45, 7) is 7.98. The summed E-state index contributed by atoms with van der Waals surface area (Å²) >= 11 is 0. The zero-order valence-corrected chi connectivity index (χ0v) is 16.0. The highest BCUT2D eigenvalue weighted by Crippen LogP contribution is 2.22. The molecule has 4 heteroatoms. The van der Waals surface area contributed by atoms with Crippen LogP contribution in [-0.4, -0.2) is 11.8 Å². The van der Waals surface area contributed by atoms with Gasteiger partial charge in [-0.2, -0.15) is 0 Å². The van der Waals surface area contributed by atoms with E-state index in [9.17, 15) is 9.59 Å². The van der Waals surface area contributed by atoms with E-state index in [4.69, 9.17) is 0 Å². The lowest BCUT2D eigenvalue weighted by molar-refractivity contribution is -0.118. The molecule has 2 N–H and O–H groups in total. The number of carbonyl (C=O) groups excluding carboxylic acids is 2. The smallest absolute Gasteiger partial charge is 0.251 e. The largest absolute Gasteiger partial charge is 0.345 e. The average molecular weight is 352 g/mol. The van der Waals surface area contributed by atoms with Crippen molar-refractivity contribution >= 4 is 17.5 Å². The van der Waals surface area contributed by atoms with E-state index in [1.165, 1.54) is 0 Å². The van der Waals surface area contributed by atoms with E-state index >= 15 is 0 Å². The maximum Gasteiger partial charge on any atom is 0.251 e. The minimum Gasteiger partial charge on any atom is -0.345 e. The van der Waals surface area contributed by atoms with E-state index in [1.807, 2.05) is 44.2 Å². The SMILES string of the molecule is CC(C)CC(NC(=O)c1ccc(NC(=O)C(C)C)cc1)c1ccccc1. The summed E-state index contributed by atoms with van der Waals surface area (Å²) < 4.78 is 0. The predicted molar refractivity (Wildman–Crippen MR) is 106 cm³/mol. The Labute approximate surface area is 156 Å². The molecule has 2 aromatic carbocycles. The van der Waals surface area contributed by atoms with Crippen molar-refractivity contribution in [2.75, 3.05) is 5.32 Å². The van der Waals surface area contributed by atoms with Crippen LogP contribution >= 0.6 is 0 Å². The third-order valence-electron chi connectivity index (χ3n) is 4.15. The van der Waals surface area contributed by atoms with Gasteiger partial charge in [0.05, 0.1) is 6.04 Å². The first-order valence-electron chi connectivity index (χ1n) is 9.13. The van der Waals surface area contributed by atoms with Gasteiger partial charge in [0.2, 0.25) is 5.91 Å². The van der Waals surface area contributed by atoms with Crippen molar-refractivity contribution in [1.82, 2.24) is 5.32 Å². The predicted octanol–water partition coefficient (Wildman–Crippen LogP) is 4.80. The molecule has 0 radical (unpaired) electrons. The fourth-order valence-corrected chi connectivity index (χ4v) is 2.67. The fourth-order valence-electron chi connectivity index (χ4n) is 2.67. The standard InChI is InChI=1S/C22H28N2O2/c1-15(2)14-20(17-8-6-5-7-9-17)24-22(26)18-10-12-19(13-11-18)23-21(25)16(3)4/h5-13,15-16,20H,14H2,1-4H3,(H,23,25)(H,24,26). The van der Waals surface area contributed by atoms with Crippen LogP contribution in [0, 0.1) is 11.8 Å².